The monoisotopic (exact) mass is 221 g/mol. The molecule has 0 atom stereocenters. The van der Waals surface area contributed by atoms with Gasteiger partial charge < -0.3 is 5.73 Å². The lowest BCUT2D eigenvalue weighted by Gasteiger charge is -2.03. The quantitative estimate of drug-likeness (QED) is 0.723. The minimum absolute atomic E-state index is 0.363. The standard InChI is InChI=1S/C9H7ClF3N/c10-8(9(11,12)13)5-6-1-3-7(14)4-2-6/h1-5H,14H2. The number of allylic oxidation sites excluding steroid dienone is 1. The Hall–Kier alpha value is -1.16. The van der Waals surface area contributed by atoms with Crippen molar-refractivity contribution < 1.29 is 13.2 Å². The highest BCUT2D eigenvalue weighted by molar-refractivity contribution is 6.32. The number of benzene rings is 1. The minimum Gasteiger partial charge on any atom is -0.399 e. The van der Waals surface area contributed by atoms with E-state index < -0.39 is 11.2 Å². The van der Waals surface area contributed by atoms with E-state index in [4.69, 9.17) is 17.3 Å². The third kappa shape index (κ3) is 2.96. The first-order chi connectivity index (χ1) is 6.39. The molecule has 1 rings (SSSR count). The zero-order valence-electron chi connectivity index (χ0n) is 6.98. The van der Waals surface area contributed by atoms with Gasteiger partial charge in [-0.25, -0.2) is 0 Å². The van der Waals surface area contributed by atoms with E-state index in [9.17, 15) is 13.2 Å². The fourth-order valence-electron chi connectivity index (χ4n) is 0.820. The number of halogens is 4. The zero-order valence-corrected chi connectivity index (χ0v) is 7.73. The van der Waals surface area contributed by atoms with Gasteiger partial charge in [0.25, 0.3) is 0 Å². The normalized spacial score (nSPS) is 13.0. The average Bonchev–Trinajstić information content (AvgIpc) is 2.07. The van der Waals surface area contributed by atoms with Crippen molar-refractivity contribution in [1.29, 1.82) is 0 Å². The predicted octanol–water partition coefficient (Wildman–Crippen LogP) is 3.41. The van der Waals surface area contributed by atoms with Crippen LogP contribution in [0.3, 0.4) is 0 Å². The minimum atomic E-state index is -4.50. The van der Waals surface area contributed by atoms with Gasteiger partial charge in [0, 0.05) is 5.69 Å². The second-order valence-corrected chi connectivity index (χ2v) is 3.06. The van der Waals surface area contributed by atoms with E-state index in [1.54, 1.807) is 0 Å². The number of hydrogen-bond acceptors (Lipinski definition) is 1. The van der Waals surface area contributed by atoms with Crippen LogP contribution in [0.15, 0.2) is 29.3 Å². The topological polar surface area (TPSA) is 26.0 Å². The Morgan fingerprint density at radius 2 is 1.71 bits per heavy atom. The summed E-state index contributed by atoms with van der Waals surface area (Å²) in [6.07, 6.45) is -3.65. The van der Waals surface area contributed by atoms with Crippen molar-refractivity contribution >= 4 is 23.4 Å². The summed E-state index contributed by atoms with van der Waals surface area (Å²) in [5.74, 6) is 0. The summed E-state index contributed by atoms with van der Waals surface area (Å²) in [7, 11) is 0. The Bertz CT molecular complexity index is 340. The van der Waals surface area contributed by atoms with Crippen LogP contribution in [0, 0.1) is 0 Å². The van der Waals surface area contributed by atoms with Crippen molar-refractivity contribution in [3.8, 4) is 0 Å². The van der Waals surface area contributed by atoms with Gasteiger partial charge in [0.15, 0.2) is 0 Å². The molecule has 5 heteroatoms. The van der Waals surface area contributed by atoms with Gasteiger partial charge in [-0.2, -0.15) is 13.2 Å². The zero-order chi connectivity index (χ0) is 10.8. The first-order valence-electron chi connectivity index (χ1n) is 3.69. The Kier molecular flexibility index (Phi) is 3.06. The van der Waals surface area contributed by atoms with E-state index in [1.807, 2.05) is 0 Å². The fraction of sp³-hybridized carbons (Fsp3) is 0.111. The molecule has 0 aliphatic carbocycles. The molecule has 0 aliphatic heterocycles. The van der Waals surface area contributed by atoms with Crippen molar-refractivity contribution in [2.75, 3.05) is 5.73 Å². The molecule has 2 N–H and O–H groups in total. The molecule has 0 saturated heterocycles. The molecule has 0 fully saturated rings. The summed E-state index contributed by atoms with van der Waals surface area (Å²) in [6.45, 7) is 0. The Balaban J connectivity index is 2.93. The maximum atomic E-state index is 12.0. The molecular weight excluding hydrogens is 215 g/mol. The van der Waals surface area contributed by atoms with Crippen molar-refractivity contribution in [3.63, 3.8) is 0 Å². The van der Waals surface area contributed by atoms with Crippen LogP contribution in [-0.2, 0) is 0 Å². The van der Waals surface area contributed by atoms with Crippen molar-refractivity contribution in [3.05, 3.63) is 34.9 Å². The van der Waals surface area contributed by atoms with Crippen molar-refractivity contribution in [1.82, 2.24) is 0 Å². The molecule has 0 aromatic heterocycles. The Morgan fingerprint density at radius 3 is 2.14 bits per heavy atom. The third-order valence-corrected chi connectivity index (χ3v) is 1.82. The summed E-state index contributed by atoms with van der Waals surface area (Å²) in [4.78, 5) is 0. The van der Waals surface area contributed by atoms with Gasteiger partial charge in [0.05, 0.1) is 0 Å². The maximum Gasteiger partial charge on any atom is 0.426 e. The third-order valence-electron chi connectivity index (χ3n) is 1.50. The van der Waals surface area contributed by atoms with Gasteiger partial charge in [-0.1, -0.05) is 23.7 Å². The van der Waals surface area contributed by atoms with Crippen molar-refractivity contribution in [2.24, 2.45) is 0 Å². The summed E-state index contributed by atoms with van der Waals surface area (Å²) in [5.41, 5.74) is 6.22. The van der Waals surface area contributed by atoms with E-state index in [0.717, 1.165) is 6.08 Å². The fourth-order valence-corrected chi connectivity index (χ4v) is 0.946. The molecule has 1 aromatic rings. The number of rotatable bonds is 1. The lowest BCUT2D eigenvalue weighted by Crippen LogP contribution is -2.06. The van der Waals surface area contributed by atoms with Crippen molar-refractivity contribution in [2.45, 2.75) is 6.18 Å². The molecule has 76 valence electrons. The largest absolute Gasteiger partial charge is 0.426 e. The van der Waals surface area contributed by atoms with E-state index in [1.165, 1.54) is 24.3 Å². The highest BCUT2D eigenvalue weighted by atomic mass is 35.5. The van der Waals surface area contributed by atoms with Crippen LogP contribution >= 0.6 is 11.6 Å². The number of nitrogen functional groups attached to an aromatic ring is 1. The van der Waals surface area contributed by atoms with Gasteiger partial charge in [-0.3, -0.25) is 0 Å². The molecule has 0 amide bonds. The first-order valence-corrected chi connectivity index (χ1v) is 4.07. The van der Waals surface area contributed by atoms with Crippen LogP contribution in [-0.4, -0.2) is 6.18 Å². The van der Waals surface area contributed by atoms with E-state index in [0.29, 0.717) is 11.3 Å². The molecule has 1 nitrogen and oxygen atoms in total. The molecule has 0 saturated carbocycles. The van der Waals surface area contributed by atoms with Gasteiger partial charge in [-0.15, -0.1) is 0 Å². The van der Waals surface area contributed by atoms with Gasteiger partial charge >= 0.3 is 6.18 Å². The molecule has 0 unspecified atom stereocenters. The smallest absolute Gasteiger partial charge is 0.399 e. The highest BCUT2D eigenvalue weighted by Gasteiger charge is 2.32. The average molecular weight is 222 g/mol. The molecule has 0 spiro atoms. The molecule has 0 heterocycles. The van der Waals surface area contributed by atoms with Crippen LogP contribution < -0.4 is 5.73 Å². The van der Waals surface area contributed by atoms with Crippen LogP contribution in [0.5, 0.6) is 0 Å². The molecule has 0 aliphatic rings. The van der Waals surface area contributed by atoms with E-state index in [2.05, 4.69) is 0 Å². The number of nitrogens with two attached hydrogens (primary N) is 1. The Labute approximate surface area is 84.0 Å². The van der Waals surface area contributed by atoms with Crippen LogP contribution in [0.25, 0.3) is 6.08 Å². The molecule has 14 heavy (non-hydrogen) atoms. The number of hydrogen-bond donors (Lipinski definition) is 1. The first kappa shape index (κ1) is 10.9. The predicted molar refractivity (Wildman–Crippen MR) is 50.7 cm³/mol. The lowest BCUT2D eigenvalue weighted by atomic mass is 10.2. The van der Waals surface area contributed by atoms with Gasteiger partial charge in [0.2, 0.25) is 0 Å². The van der Waals surface area contributed by atoms with Crippen LogP contribution in [0.1, 0.15) is 5.56 Å². The maximum absolute atomic E-state index is 12.0. The van der Waals surface area contributed by atoms with E-state index in [-0.39, 0.29) is 0 Å². The molecule has 1 aromatic carbocycles. The summed E-state index contributed by atoms with van der Waals surface area (Å²) in [6, 6.07) is 5.94. The highest BCUT2D eigenvalue weighted by Crippen LogP contribution is 2.30. The number of anilines is 1. The molecule has 0 bridgehead atoms. The van der Waals surface area contributed by atoms with Crippen LogP contribution in [0.2, 0.25) is 0 Å². The lowest BCUT2D eigenvalue weighted by molar-refractivity contribution is -0.0836. The molecular formula is C9H7ClF3N. The second kappa shape index (κ2) is 3.92. The number of alkyl halides is 3. The van der Waals surface area contributed by atoms with Crippen LogP contribution in [0.4, 0.5) is 18.9 Å². The SMILES string of the molecule is Nc1ccc(C=C(Cl)C(F)(F)F)cc1. The summed E-state index contributed by atoms with van der Waals surface area (Å²) < 4.78 is 36.0. The van der Waals surface area contributed by atoms with Gasteiger partial charge in [0.1, 0.15) is 5.03 Å². The second-order valence-electron chi connectivity index (χ2n) is 2.66. The molecule has 0 radical (unpaired) electrons. The van der Waals surface area contributed by atoms with E-state index >= 15 is 0 Å². The Morgan fingerprint density at radius 1 is 1.21 bits per heavy atom. The summed E-state index contributed by atoms with van der Waals surface area (Å²) in [5, 5.41) is -1.15. The summed E-state index contributed by atoms with van der Waals surface area (Å²) >= 11 is 5.04. The van der Waals surface area contributed by atoms with Gasteiger partial charge in [-0.05, 0) is 23.8 Å².